The van der Waals surface area contributed by atoms with E-state index in [9.17, 15) is 9.59 Å². The zero-order chi connectivity index (χ0) is 8.43. The summed E-state index contributed by atoms with van der Waals surface area (Å²) in [6.45, 7) is 1.89. The van der Waals surface area contributed by atoms with Crippen LogP contribution in [0.3, 0.4) is 0 Å². The summed E-state index contributed by atoms with van der Waals surface area (Å²) < 4.78 is 0. The Morgan fingerprint density at radius 2 is 2.45 bits per heavy atom. The van der Waals surface area contributed by atoms with E-state index in [1.807, 2.05) is 6.92 Å². The Balaban J connectivity index is 2.64. The van der Waals surface area contributed by atoms with E-state index >= 15 is 0 Å². The van der Waals surface area contributed by atoms with Crippen LogP contribution in [0.15, 0.2) is 0 Å². The molecule has 0 bridgehead atoms. The van der Waals surface area contributed by atoms with Crippen LogP contribution in [-0.4, -0.2) is 23.0 Å². The second kappa shape index (κ2) is 2.90. The van der Waals surface area contributed by atoms with Crippen molar-refractivity contribution in [3.63, 3.8) is 0 Å². The average Bonchev–Trinajstić information content (AvgIpc) is 2.30. The third-order valence-corrected chi connectivity index (χ3v) is 2.03. The minimum Gasteiger partial charge on any atom is -0.480 e. The van der Waals surface area contributed by atoms with Gasteiger partial charge in [0.05, 0.1) is 0 Å². The van der Waals surface area contributed by atoms with E-state index < -0.39 is 12.0 Å². The topological polar surface area (TPSA) is 66.4 Å². The zero-order valence-electron chi connectivity index (χ0n) is 6.33. The Bertz CT molecular complexity index is 190. The number of carbonyl (C=O) groups excluding carboxylic acids is 1. The maximum absolute atomic E-state index is 10.8. The lowest BCUT2D eigenvalue weighted by Crippen LogP contribution is -2.36. The van der Waals surface area contributed by atoms with Gasteiger partial charge in [0.1, 0.15) is 6.04 Å². The van der Waals surface area contributed by atoms with Gasteiger partial charge in [-0.3, -0.25) is 4.79 Å². The first-order valence-electron chi connectivity index (χ1n) is 3.67. The Kier molecular flexibility index (Phi) is 2.12. The summed E-state index contributed by atoms with van der Waals surface area (Å²) in [6, 6.07) is -0.660. The standard InChI is InChI=1S/C7H11NO3/c1-2-4-3-5(9)8-6(4)7(10)11/h4,6H,2-3H2,1H3,(H,8,9)(H,10,11)/t4-,6+/m0/s1. The van der Waals surface area contributed by atoms with E-state index in [0.29, 0.717) is 6.42 Å². The molecule has 62 valence electrons. The molecule has 0 unspecified atom stereocenters. The Hall–Kier alpha value is -1.06. The largest absolute Gasteiger partial charge is 0.480 e. The molecular weight excluding hydrogens is 146 g/mol. The highest BCUT2D eigenvalue weighted by atomic mass is 16.4. The number of carboxylic acids is 1. The van der Waals surface area contributed by atoms with Crippen LogP contribution in [-0.2, 0) is 9.59 Å². The van der Waals surface area contributed by atoms with Crippen molar-refractivity contribution in [1.82, 2.24) is 5.32 Å². The maximum atomic E-state index is 10.8. The Morgan fingerprint density at radius 3 is 2.82 bits per heavy atom. The first-order chi connectivity index (χ1) is 5.15. The van der Waals surface area contributed by atoms with Crippen molar-refractivity contribution >= 4 is 11.9 Å². The minimum absolute atomic E-state index is 0.0278. The van der Waals surface area contributed by atoms with Crippen LogP contribution in [0.5, 0.6) is 0 Å². The summed E-state index contributed by atoms with van der Waals surface area (Å²) in [7, 11) is 0. The second-order valence-electron chi connectivity index (χ2n) is 2.76. The van der Waals surface area contributed by atoms with Gasteiger partial charge in [0.15, 0.2) is 0 Å². The molecule has 1 aliphatic rings. The number of hydrogen-bond acceptors (Lipinski definition) is 2. The molecule has 0 aromatic carbocycles. The summed E-state index contributed by atoms with van der Waals surface area (Å²) in [5.41, 5.74) is 0. The Morgan fingerprint density at radius 1 is 1.82 bits per heavy atom. The van der Waals surface area contributed by atoms with E-state index in [-0.39, 0.29) is 11.8 Å². The average molecular weight is 157 g/mol. The molecule has 11 heavy (non-hydrogen) atoms. The molecule has 1 fully saturated rings. The summed E-state index contributed by atoms with van der Waals surface area (Å²) in [4.78, 5) is 21.3. The summed E-state index contributed by atoms with van der Waals surface area (Å²) >= 11 is 0. The lowest BCUT2D eigenvalue weighted by atomic mass is 9.98. The van der Waals surface area contributed by atoms with Crippen molar-refractivity contribution in [3.05, 3.63) is 0 Å². The van der Waals surface area contributed by atoms with Crippen LogP contribution in [0, 0.1) is 5.92 Å². The van der Waals surface area contributed by atoms with Crippen LogP contribution in [0.1, 0.15) is 19.8 Å². The second-order valence-corrected chi connectivity index (χ2v) is 2.76. The minimum atomic E-state index is -0.928. The molecule has 4 heteroatoms. The normalized spacial score (nSPS) is 30.1. The molecule has 2 atom stereocenters. The molecule has 1 amide bonds. The molecule has 0 aliphatic carbocycles. The van der Waals surface area contributed by atoms with Crippen molar-refractivity contribution in [2.24, 2.45) is 5.92 Å². The van der Waals surface area contributed by atoms with Crippen molar-refractivity contribution in [2.75, 3.05) is 0 Å². The molecule has 0 saturated carbocycles. The fourth-order valence-corrected chi connectivity index (χ4v) is 1.35. The fraction of sp³-hybridized carbons (Fsp3) is 0.714. The van der Waals surface area contributed by atoms with E-state index in [1.165, 1.54) is 0 Å². The predicted octanol–water partition coefficient (Wildman–Crippen LogP) is -0.0143. The van der Waals surface area contributed by atoms with E-state index in [2.05, 4.69) is 5.32 Å². The van der Waals surface area contributed by atoms with Gasteiger partial charge in [-0.15, -0.1) is 0 Å². The summed E-state index contributed by atoms with van der Waals surface area (Å²) in [5, 5.41) is 11.0. The molecule has 1 heterocycles. The van der Waals surface area contributed by atoms with Crippen LogP contribution in [0.25, 0.3) is 0 Å². The van der Waals surface area contributed by atoms with E-state index in [4.69, 9.17) is 5.11 Å². The highest BCUT2D eigenvalue weighted by Gasteiger charge is 2.35. The quantitative estimate of drug-likeness (QED) is 0.592. The van der Waals surface area contributed by atoms with E-state index in [1.54, 1.807) is 0 Å². The number of rotatable bonds is 2. The first kappa shape index (κ1) is 8.04. The first-order valence-corrected chi connectivity index (χ1v) is 3.67. The van der Waals surface area contributed by atoms with Gasteiger partial charge in [0, 0.05) is 6.42 Å². The number of hydrogen-bond donors (Lipinski definition) is 2. The van der Waals surface area contributed by atoms with Gasteiger partial charge >= 0.3 is 5.97 Å². The third-order valence-electron chi connectivity index (χ3n) is 2.03. The van der Waals surface area contributed by atoms with Gasteiger partial charge in [0.25, 0.3) is 0 Å². The smallest absolute Gasteiger partial charge is 0.326 e. The zero-order valence-corrected chi connectivity index (χ0v) is 6.33. The SMILES string of the molecule is CC[C@H]1CC(=O)N[C@H]1C(=O)O. The third kappa shape index (κ3) is 1.50. The molecule has 1 aliphatic heterocycles. The van der Waals surface area contributed by atoms with Crippen molar-refractivity contribution < 1.29 is 14.7 Å². The van der Waals surface area contributed by atoms with Gasteiger partial charge < -0.3 is 10.4 Å². The van der Waals surface area contributed by atoms with Gasteiger partial charge in [-0.05, 0) is 5.92 Å². The van der Waals surface area contributed by atoms with E-state index in [0.717, 1.165) is 6.42 Å². The number of carbonyl (C=O) groups is 2. The van der Waals surface area contributed by atoms with Crippen LogP contribution in [0.2, 0.25) is 0 Å². The van der Waals surface area contributed by atoms with Gasteiger partial charge in [-0.2, -0.15) is 0 Å². The molecule has 0 aromatic heterocycles. The molecular formula is C7H11NO3. The highest BCUT2D eigenvalue weighted by Crippen LogP contribution is 2.19. The van der Waals surface area contributed by atoms with Gasteiger partial charge in [-0.25, -0.2) is 4.79 Å². The van der Waals surface area contributed by atoms with Crippen molar-refractivity contribution in [1.29, 1.82) is 0 Å². The van der Waals surface area contributed by atoms with Crippen LogP contribution in [0.4, 0.5) is 0 Å². The predicted molar refractivity (Wildman–Crippen MR) is 38.0 cm³/mol. The van der Waals surface area contributed by atoms with Crippen molar-refractivity contribution in [2.45, 2.75) is 25.8 Å². The molecule has 4 nitrogen and oxygen atoms in total. The van der Waals surface area contributed by atoms with Gasteiger partial charge in [-0.1, -0.05) is 13.3 Å². The fourth-order valence-electron chi connectivity index (χ4n) is 1.35. The lowest BCUT2D eigenvalue weighted by Gasteiger charge is -2.10. The molecule has 0 spiro atoms. The number of aliphatic carboxylic acids is 1. The highest BCUT2D eigenvalue weighted by molar-refractivity contribution is 5.87. The monoisotopic (exact) mass is 157 g/mol. The van der Waals surface area contributed by atoms with Gasteiger partial charge in [0.2, 0.25) is 5.91 Å². The molecule has 1 saturated heterocycles. The van der Waals surface area contributed by atoms with Crippen LogP contribution >= 0.6 is 0 Å². The summed E-state index contributed by atoms with van der Waals surface area (Å²) in [5.74, 6) is -1.10. The molecule has 0 radical (unpaired) electrons. The number of amides is 1. The number of carboxylic acid groups (broad SMARTS) is 1. The Labute approximate surface area is 64.6 Å². The molecule has 1 rings (SSSR count). The van der Waals surface area contributed by atoms with Crippen LogP contribution < -0.4 is 5.32 Å². The lowest BCUT2D eigenvalue weighted by molar-refractivity contribution is -0.140. The van der Waals surface area contributed by atoms with Crippen molar-refractivity contribution in [3.8, 4) is 0 Å². The number of nitrogens with one attached hydrogen (secondary N) is 1. The maximum Gasteiger partial charge on any atom is 0.326 e. The molecule has 2 N–H and O–H groups in total. The molecule has 0 aromatic rings. The summed E-state index contributed by atoms with van der Waals surface area (Å²) in [6.07, 6.45) is 1.09.